The van der Waals surface area contributed by atoms with Crippen molar-refractivity contribution in [3.8, 4) is 28.7 Å². The number of hydrogen-bond donors (Lipinski definition) is 1. The van der Waals surface area contributed by atoms with E-state index in [1.807, 2.05) is 6.07 Å². The molecule has 0 bridgehead atoms. The number of aliphatic hydroxyl groups is 1. The second kappa shape index (κ2) is 12.7. The van der Waals surface area contributed by atoms with Crippen molar-refractivity contribution in [1.82, 2.24) is 4.90 Å². The number of rotatable bonds is 11. The van der Waals surface area contributed by atoms with Gasteiger partial charge in [0.1, 0.15) is 18.1 Å². The Balaban J connectivity index is 1.41. The van der Waals surface area contributed by atoms with E-state index in [-0.39, 0.29) is 6.10 Å². The van der Waals surface area contributed by atoms with Gasteiger partial charge in [0.2, 0.25) is 0 Å². The highest BCUT2D eigenvalue weighted by molar-refractivity contribution is 5.68. The van der Waals surface area contributed by atoms with Gasteiger partial charge in [0.25, 0.3) is 0 Å². The molecule has 5 nitrogen and oxygen atoms in total. The van der Waals surface area contributed by atoms with Crippen LogP contribution in [-0.4, -0.2) is 35.3 Å². The number of fused-ring (bicyclic) bond motifs is 1. The summed E-state index contributed by atoms with van der Waals surface area (Å²) in [7, 11) is 0. The molecule has 2 atom stereocenters. The van der Waals surface area contributed by atoms with Gasteiger partial charge in [-0.25, -0.2) is 0 Å². The van der Waals surface area contributed by atoms with E-state index in [0.717, 1.165) is 56.6 Å². The molecule has 0 amide bonds. The van der Waals surface area contributed by atoms with Crippen LogP contribution in [0.4, 0.5) is 0 Å². The van der Waals surface area contributed by atoms with E-state index >= 15 is 0 Å². The van der Waals surface area contributed by atoms with Gasteiger partial charge in [-0.3, -0.25) is 4.90 Å². The maximum absolute atomic E-state index is 10.3. The zero-order valence-electron chi connectivity index (χ0n) is 23.3. The first kappa shape index (κ1) is 27.2. The molecule has 0 spiro atoms. The summed E-state index contributed by atoms with van der Waals surface area (Å²) in [6, 6.07) is 21.6. The Kier molecular flexibility index (Phi) is 8.86. The van der Waals surface area contributed by atoms with E-state index in [1.54, 1.807) is 0 Å². The predicted molar refractivity (Wildman–Crippen MR) is 155 cm³/mol. The highest BCUT2D eigenvalue weighted by Crippen LogP contribution is 2.41. The zero-order valence-corrected chi connectivity index (χ0v) is 23.3. The normalized spacial score (nSPS) is 18.6. The van der Waals surface area contributed by atoms with Crippen molar-refractivity contribution >= 4 is 0 Å². The van der Waals surface area contributed by atoms with Crippen LogP contribution in [0.5, 0.6) is 11.5 Å². The van der Waals surface area contributed by atoms with Crippen LogP contribution in [-0.2, 0) is 26.0 Å². The largest absolute Gasteiger partial charge is 0.493 e. The summed E-state index contributed by atoms with van der Waals surface area (Å²) in [5.74, 6) is 1.82. The number of nitriles is 1. The zero-order chi connectivity index (χ0) is 27.2. The fourth-order valence-corrected chi connectivity index (χ4v) is 6.13. The van der Waals surface area contributed by atoms with Crippen molar-refractivity contribution in [1.29, 1.82) is 5.26 Å². The highest BCUT2D eigenvalue weighted by atomic mass is 16.5. The molecule has 0 radical (unpaired) electrons. The molecule has 1 N–H and O–H groups in total. The molecule has 1 saturated heterocycles. The summed E-state index contributed by atoms with van der Waals surface area (Å²) in [6.45, 7) is 6.95. The maximum Gasteiger partial charge on any atom is 0.127 e. The van der Waals surface area contributed by atoms with Crippen LogP contribution >= 0.6 is 0 Å². The van der Waals surface area contributed by atoms with E-state index in [0.29, 0.717) is 32.2 Å². The van der Waals surface area contributed by atoms with Crippen LogP contribution in [0.15, 0.2) is 54.6 Å². The van der Waals surface area contributed by atoms with Gasteiger partial charge >= 0.3 is 0 Å². The topological polar surface area (TPSA) is 65.7 Å². The molecule has 2 aliphatic rings. The lowest BCUT2D eigenvalue weighted by Crippen LogP contribution is -2.28. The molecule has 204 valence electrons. The van der Waals surface area contributed by atoms with E-state index in [1.165, 1.54) is 38.9 Å². The molecule has 39 heavy (non-hydrogen) atoms. The number of ether oxygens (including phenoxy) is 2. The van der Waals surface area contributed by atoms with Gasteiger partial charge in [-0.15, -0.1) is 0 Å². The third-order valence-electron chi connectivity index (χ3n) is 8.34. The van der Waals surface area contributed by atoms with Crippen LogP contribution in [0.25, 0.3) is 11.1 Å². The van der Waals surface area contributed by atoms with E-state index in [2.05, 4.69) is 73.3 Å². The average molecular weight is 525 g/mol. The molecule has 1 aliphatic carbocycles. The van der Waals surface area contributed by atoms with Gasteiger partial charge in [-0.2, -0.15) is 5.26 Å². The summed E-state index contributed by atoms with van der Waals surface area (Å²) in [6.07, 6.45) is 5.96. The number of hydrogen-bond acceptors (Lipinski definition) is 5. The van der Waals surface area contributed by atoms with Gasteiger partial charge in [-0.05, 0) is 85.8 Å². The lowest BCUT2D eigenvalue weighted by molar-refractivity contribution is 0.172. The summed E-state index contributed by atoms with van der Waals surface area (Å²) in [5.41, 5.74) is 8.81. The maximum atomic E-state index is 10.3. The van der Waals surface area contributed by atoms with Crippen molar-refractivity contribution in [3.05, 3.63) is 82.4 Å². The summed E-state index contributed by atoms with van der Waals surface area (Å²) < 4.78 is 13.0. The molecule has 5 rings (SSSR count). The molecule has 0 saturated carbocycles. The molecule has 1 aliphatic heterocycles. The quantitative estimate of drug-likeness (QED) is 0.281. The number of unbranched alkanes of at least 4 members (excludes halogenated alkanes) is 2. The van der Waals surface area contributed by atoms with Crippen LogP contribution in [0, 0.1) is 18.3 Å². The van der Waals surface area contributed by atoms with Crippen molar-refractivity contribution < 1.29 is 14.6 Å². The van der Waals surface area contributed by atoms with Gasteiger partial charge < -0.3 is 14.6 Å². The van der Waals surface area contributed by atoms with Crippen molar-refractivity contribution in [3.63, 3.8) is 0 Å². The van der Waals surface area contributed by atoms with Crippen LogP contribution < -0.4 is 9.47 Å². The lowest BCUT2D eigenvalue weighted by Gasteiger charge is -2.25. The Morgan fingerprint density at radius 2 is 1.82 bits per heavy atom. The van der Waals surface area contributed by atoms with E-state index in [4.69, 9.17) is 14.7 Å². The van der Waals surface area contributed by atoms with Gasteiger partial charge in [0.15, 0.2) is 0 Å². The number of likely N-dealkylation sites (tertiary alicyclic amines) is 1. The molecule has 5 heteroatoms. The Morgan fingerprint density at radius 1 is 1.00 bits per heavy atom. The third kappa shape index (κ3) is 6.30. The van der Waals surface area contributed by atoms with Crippen molar-refractivity contribution in [2.24, 2.45) is 0 Å². The smallest absolute Gasteiger partial charge is 0.127 e. The highest BCUT2D eigenvalue weighted by Gasteiger charge is 2.31. The lowest BCUT2D eigenvalue weighted by atomic mass is 9.97. The minimum Gasteiger partial charge on any atom is -0.493 e. The molecule has 3 aromatic carbocycles. The van der Waals surface area contributed by atoms with E-state index in [9.17, 15) is 5.11 Å². The fourth-order valence-electron chi connectivity index (χ4n) is 6.13. The molecule has 3 aromatic rings. The van der Waals surface area contributed by atoms with Crippen LogP contribution in [0.1, 0.15) is 66.8 Å². The number of nitrogens with zero attached hydrogens (tertiary/aromatic N) is 2. The molecule has 1 heterocycles. The van der Waals surface area contributed by atoms with Crippen LogP contribution in [0.2, 0.25) is 0 Å². The number of β-amino-alcohol motifs (C(OH)–C–C–N with tert-alkyl or cyclic N) is 1. The Hall–Kier alpha value is -3.33. The first-order chi connectivity index (χ1) is 19.0. The fraction of sp³-hybridized carbons (Fsp3) is 0.441. The second-order valence-corrected chi connectivity index (χ2v) is 11.0. The SMILES string of the molecule is Cc1c(COc2cc(OCCCCC#N)c(CN3C[C@H](O)C[C@H]3C)c3c2CCC3)cccc1-c1ccccc1. The summed E-state index contributed by atoms with van der Waals surface area (Å²) in [4.78, 5) is 2.38. The van der Waals surface area contributed by atoms with Crippen molar-refractivity contribution in [2.45, 2.75) is 84.1 Å². The second-order valence-electron chi connectivity index (χ2n) is 11.0. The number of benzene rings is 3. The summed E-state index contributed by atoms with van der Waals surface area (Å²) >= 11 is 0. The monoisotopic (exact) mass is 524 g/mol. The summed E-state index contributed by atoms with van der Waals surface area (Å²) in [5, 5.41) is 19.1. The van der Waals surface area contributed by atoms with E-state index < -0.39 is 0 Å². The average Bonchev–Trinajstić information content (AvgIpc) is 3.56. The molecular weight excluding hydrogens is 484 g/mol. The first-order valence-electron chi connectivity index (χ1n) is 14.4. The molecular formula is C34H40N2O3. The molecule has 1 fully saturated rings. The minimum absolute atomic E-state index is 0.263. The first-order valence-corrected chi connectivity index (χ1v) is 14.4. The Bertz CT molecular complexity index is 1310. The third-order valence-corrected chi connectivity index (χ3v) is 8.34. The van der Waals surface area contributed by atoms with Gasteiger partial charge in [0.05, 0.1) is 18.8 Å². The van der Waals surface area contributed by atoms with Crippen LogP contribution in [0.3, 0.4) is 0 Å². The van der Waals surface area contributed by atoms with Gasteiger partial charge in [-0.1, -0.05) is 48.5 Å². The standard InChI is InChI=1S/C34H40N2O3/c1-24-19-28(37)21-36(24)22-32-30-15-10-16-31(30)33(20-34(32)38-18-8-4-7-17-35)39-23-27-13-9-14-29(25(27)2)26-11-5-3-6-12-26/h3,5-6,9,11-14,20,24,28,37H,4,7-8,10,15-16,18-19,21-23H2,1-2H3/t24-,28-/m1/s1. The van der Waals surface area contributed by atoms with Crippen molar-refractivity contribution in [2.75, 3.05) is 13.2 Å². The predicted octanol–water partition coefficient (Wildman–Crippen LogP) is 6.76. The molecule has 0 aromatic heterocycles. The minimum atomic E-state index is -0.263. The Morgan fingerprint density at radius 3 is 2.59 bits per heavy atom. The molecule has 0 unspecified atom stereocenters. The Labute approximate surface area is 233 Å². The van der Waals surface area contributed by atoms with Gasteiger partial charge in [0, 0.05) is 37.2 Å². The number of aliphatic hydroxyl groups excluding tert-OH is 1.